The number of carbonyl (C=O) groups excluding carboxylic acids is 2. The molecule has 0 radical (unpaired) electrons. The highest BCUT2D eigenvalue weighted by molar-refractivity contribution is 6.16. The standard InChI is InChI=1S/C17H24N2O4/c1-13(2)23-12-6-10-18-15(20)17(22)9-11-19(16(17)21)14-7-4-3-5-8-14/h3-5,7-8,13,22H,6,9-12H2,1-2H3,(H,18,20). The van der Waals surface area contributed by atoms with Crippen molar-refractivity contribution in [2.24, 2.45) is 0 Å². The molecule has 6 nitrogen and oxygen atoms in total. The van der Waals surface area contributed by atoms with E-state index in [0.717, 1.165) is 0 Å². The van der Waals surface area contributed by atoms with Crippen LogP contribution in [0.1, 0.15) is 26.7 Å². The van der Waals surface area contributed by atoms with E-state index in [0.29, 0.717) is 31.8 Å². The maximum Gasteiger partial charge on any atom is 0.268 e. The van der Waals surface area contributed by atoms with E-state index in [1.165, 1.54) is 4.90 Å². The molecule has 2 N–H and O–H groups in total. The van der Waals surface area contributed by atoms with E-state index < -0.39 is 17.4 Å². The van der Waals surface area contributed by atoms with Crippen LogP contribution in [0.3, 0.4) is 0 Å². The molecule has 1 heterocycles. The Bertz CT molecular complexity index is 547. The normalized spacial score (nSPS) is 21.0. The van der Waals surface area contributed by atoms with Gasteiger partial charge in [-0.25, -0.2) is 0 Å². The predicted octanol–water partition coefficient (Wildman–Crippen LogP) is 1.09. The number of rotatable bonds is 7. The molecule has 2 amide bonds. The summed E-state index contributed by atoms with van der Waals surface area (Å²) in [5, 5.41) is 13.1. The molecule has 1 aromatic carbocycles. The Morgan fingerprint density at radius 1 is 1.39 bits per heavy atom. The lowest BCUT2D eigenvalue weighted by Crippen LogP contribution is -2.52. The van der Waals surface area contributed by atoms with E-state index in [-0.39, 0.29) is 12.5 Å². The summed E-state index contributed by atoms with van der Waals surface area (Å²) in [6.45, 7) is 5.10. The number of aliphatic hydroxyl groups is 1. The first-order valence-corrected chi connectivity index (χ1v) is 7.94. The molecule has 1 aromatic rings. The third kappa shape index (κ3) is 4.09. The number of carbonyl (C=O) groups is 2. The zero-order chi connectivity index (χ0) is 16.9. The maximum atomic E-state index is 12.4. The van der Waals surface area contributed by atoms with Crippen LogP contribution < -0.4 is 10.2 Å². The van der Waals surface area contributed by atoms with Crippen LogP contribution >= 0.6 is 0 Å². The van der Waals surface area contributed by atoms with Gasteiger partial charge in [-0.15, -0.1) is 0 Å². The second-order valence-corrected chi connectivity index (χ2v) is 5.93. The lowest BCUT2D eigenvalue weighted by Gasteiger charge is -2.21. The first-order valence-electron chi connectivity index (χ1n) is 7.94. The third-order valence-electron chi connectivity index (χ3n) is 3.80. The fourth-order valence-corrected chi connectivity index (χ4v) is 2.51. The molecule has 1 saturated heterocycles. The minimum Gasteiger partial charge on any atom is -0.379 e. The Morgan fingerprint density at radius 2 is 2.09 bits per heavy atom. The monoisotopic (exact) mass is 320 g/mol. The van der Waals surface area contributed by atoms with Gasteiger partial charge >= 0.3 is 0 Å². The van der Waals surface area contributed by atoms with Crippen molar-refractivity contribution in [3.05, 3.63) is 30.3 Å². The molecule has 6 heteroatoms. The zero-order valence-electron chi connectivity index (χ0n) is 13.6. The van der Waals surface area contributed by atoms with E-state index in [1.807, 2.05) is 32.0 Å². The molecular weight excluding hydrogens is 296 g/mol. The summed E-state index contributed by atoms with van der Waals surface area (Å²) in [4.78, 5) is 26.1. The first-order chi connectivity index (χ1) is 10.9. The van der Waals surface area contributed by atoms with Gasteiger partial charge in [-0.3, -0.25) is 9.59 Å². The number of nitrogens with zero attached hydrogens (tertiary/aromatic N) is 1. The molecular formula is C17H24N2O4. The molecule has 126 valence electrons. The quantitative estimate of drug-likeness (QED) is 0.582. The number of benzene rings is 1. The lowest BCUT2D eigenvalue weighted by molar-refractivity contribution is -0.149. The van der Waals surface area contributed by atoms with Gasteiger partial charge in [0.1, 0.15) is 0 Å². The second kappa shape index (κ2) is 7.57. The molecule has 1 aliphatic rings. The highest BCUT2D eigenvalue weighted by Crippen LogP contribution is 2.28. The van der Waals surface area contributed by atoms with Crippen molar-refractivity contribution < 1.29 is 19.4 Å². The van der Waals surface area contributed by atoms with E-state index in [4.69, 9.17) is 4.74 Å². The first kappa shape index (κ1) is 17.4. The third-order valence-corrected chi connectivity index (χ3v) is 3.80. The molecule has 0 bridgehead atoms. The average Bonchev–Trinajstić information content (AvgIpc) is 2.84. The molecule has 0 aliphatic carbocycles. The van der Waals surface area contributed by atoms with Crippen LogP contribution in [-0.2, 0) is 14.3 Å². The fourth-order valence-electron chi connectivity index (χ4n) is 2.51. The number of hydrogen-bond donors (Lipinski definition) is 2. The van der Waals surface area contributed by atoms with Crippen LogP contribution in [0.15, 0.2) is 30.3 Å². The average molecular weight is 320 g/mol. The van der Waals surface area contributed by atoms with Crippen LogP contribution in [0, 0.1) is 0 Å². The number of amides is 2. The zero-order valence-corrected chi connectivity index (χ0v) is 13.6. The number of para-hydroxylation sites is 1. The van der Waals surface area contributed by atoms with Crippen LogP contribution in [0.5, 0.6) is 0 Å². The van der Waals surface area contributed by atoms with E-state index in [9.17, 15) is 14.7 Å². The summed E-state index contributed by atoms with van der Waals surface area (Å²) >= 11 is 0. The molecule has 1 fully saturated rings. The largest absolute Gasteiger partial charge is 0.379 e. The summed E-state index contributed by atoms with van der Waals surface area (Å²) < 4.78 is 5.38. The summed E-state index contributed by atoms with van der Waals surface area (Å²) in [6, 6.07) is 9.04. The van der Waals surface area contributed by atoms with Gasteiger partial charge in [0.25, 0.3) is 11.8 Å². The van der Waals surface area contributed by atoms with Gasteiger partial charge in [-0.2, -0.15) is 0 Å². The van der Waals surface area contributed by atoms with E-state index >= 15 is 0 Å². The highest BCUT2D eigenvalue weighted by Gasteiger charge is 2.51. The molecule has 0 aromatic heterocycles. The minimum atomic E-state index is -1.98. The van der Waals surface area contributed by atoms with Gasteiger partial charge in [-0.05, 0) is 32.4 Å². The van der Waals surface area contributed by atoms with Crippen LogP contribution in [0.25, 0.3) is 0 Å². The van der Waals surface area contributed by atoms with E-state index in [2.05, 4.69) is 5.32 Å². The van der Waals surface area contributed by atoms with Gasteiger partial charge < -0.3 is 20.1 Å². The van der Waals surface area contributed by atoms with E-state index in [1.54, 1.807) is 12.1 Å². The van der Waals surface area contributed by atoms with Gasteiger partial charge in [0, 0.05) is 31.8 Å². The topological polar surface area (TPSA) is 78.9 Å². The molecule has 0 saturated carbocycles. The molecule has 1 aliphatic heterocycles. The number of anilines is 1. The van der Waals surface area contributed by atoms with Crippen molar-refractivity contribution >= 4 is 17.5 Å². The summed E-state index contributed by atoms with van der Waals surface area (Å²) in [5.41, 5.74) is -1.29. The number of ether oxygens (including phenoxy) is 1. The van der Waals surface area contributed by atoms with Crippen molar-refractivity contribution in [2.75, 3.05) is 24.6 Å². The van der Waals surface area contributed by atoms with Gasteiger partial charge in [0.05, 0.1) is 6.10 Å². The van der Waals surface area contributed by atoms with Crippen LogP contribution in [0.4, 0.5) is 5.69 Å². The van der Waals surface area contributed by atoms with Gasteiger partial charge in [0.15, 0.2) is 0 Å². The molecule has 1 atom stereocenters. The Labute approximate surface area is 136 Å². The molecule has 2 rings (SSSR count). The van der Waals surface area contributed by atoms with Crippen LogP contribution in [0.2, 0.25) is 0 Å². The van der Waals surface area contributed by atoms with Crippen molar-refractivity contribution in [1.82, 2.24) is 5.32 Å². The second-order valence-electron chi connectivity index (χ2n) is 5.93. The summed E-state index contributed by atoms with van der Waals surface area (Å²) in [7, 11) is 0. The Kier molecular flexibility index (Phi) is 5.74. The molecule has 1 unspecified atom stereocenters. The minimum absolute atomic E-state index is 0.0923. The highest BCUT2D eigenvalue weighted by atomic mass is 16.5. The predicted molar refractivity (Wildman–Crippen MR) is 87.1 cm³/mol. The van der Waals surface area contributed by atoms with Crippen molar-refractivity contribution in [2.45, 2.75) is 38.4 Å². The smallest absolute Gasteiger partial charge is 0.268 e. The molecule has 0 spiro atoms. The number of hydrogen-bond acceptors (Lipinski definition) is 4. The van der Waals surface area contributed by atoms with Gasteiger partial charge in [0.2, 0.25) is 5.60 Å². The van der Waals surface area contributed by atoms with Gasteiger partial charge in [-0.1, -0.05) is 18.2 Å². The Balaban J connectivity index is 1.89. The Morgan fingerprint density at radius 3 is 2.74 bits per heavy atom. The summed E-state index contributed by atoms with van der Waals surface area (Å²) in [6.07, 6.45) is 0.872. The lowest BCUT2D eigenvalue weighted by atomic mass is 10.0. The van der Waals surface area contributed by atoms with Crippen LogP contribution in [-0.4, -0.2) is 48.3 Å². The Hall–Kier alpha value is -1.92. The maximum absolute atomic E-state index is 12.4. The molecule has 23 heavy (non-hydrogen) atoms. The SMILES string of the molecule is CC(C)OCCCNC(=O)C1(O)CCN(c2ccccc2)C1=O. The van der Waals surface area contributed by atoms with Crippen molar-refractivity contribution in [1.29, 1.82) is 0 Å². The fraction of sp³-hybridized carbons (Fsp3) is 0.529. The van der Waals surface area contributed by atoms with Crippen molar-refractivity contribution in [3.8, 4) is 0 Å². The number of nitrogens with one attached hydrogen (secondary N) is 1. The van der Waals surface area contributed by atoms with Crippen molar-refractivity contribution in [3.63, 3.8) is 0 Å². The summed E-state index contributed by atoms with van der Waals surface area (Å²) in [5.74, 6) is -1.20.